The fourth-order valence-electron chi connectivity index (χ4n) is 3.16. The molecule has 2 fully saturated rings. The van der Waals surface area contributed by atoms with E-state index in [4.69, 9.17) is 4.98 Å². The highest BCUT2D eigenvalue weighted by Crippen LogP contribution is 2.44. The van der Waals surface area contributed by atoms with Gasteiger partial charge in [-0.05, 0) is 12.8 Å². The molecule has 3 nitrogen and oxygen atoms in total. The molecule has 1 aliphatic heterocycles. The molecule has 0 aromatic carbocycles. The summed E-state index contributed by atoms with van der Waals surface area (Å²) in [6.07, 6.45) is 7.02. The first kappa shape index (κ1) is 14.6. The number of thioether (sulfide) groups is 1. The molecule has 1 aromatic rings. The van der Waals surface area contributed by atoms with Crippen molar-refractivity contribution < 1.29 is 0 Å². The third kappa shape index (κ3) is 2.98. The number of hydrogen-bond acceptors (Lipinski definition) is 5. The number of hydrogen-bond donors (Lipinski definition) is 0. The van der Waals surface area contributed by atoms with Crippen LogP contribution in [0.15, 0.2) is 0 Å². The zero-order valence-electron chi connectivity index (χ0n) is 12.8. The molecule has 1 spiro atoms. The molecule has 0 amide bonds. The van der Waals surface area contributed by atoms with Gasteiger partial charge in [-0.3, -0.25) is 0 Å². The topological polar surface area (TPSA) is 29.0 Å². The van der Waals surface area contributed by atoms with Crippen molar-refractivity contribution in [1.29, 1.82) is 0 Å². The zero-order valence-corrected chi connectivity index (χ0v) is 14.4. The van der Waals surface area contributed by atoms with Gasteiger partial charge in [0.1, 0.15) is 5.82 Å². The van der Waals surface area contributed by atoms with Gasteiger partial charge < -0.3 is 4.90 Å². The standard InChI is InChI=1S/C15H25N3S2/c1-14(2,3)12-16-13(20-17-12)18-9-10-19-15(11-18)7-5-4-6-8-15/h4-11H2,1-3H3. The first-order chi connectivity index (χ1) is 9.49. The van der Waals surface area contributed by atoms with Gasteiger partial charge in [0.15, 0.2) is 0 Å². The van der Waals surface area contributed by atoms with Crippen LogP contribution in [0.3, 0.4) is 0 Å². The predicted octanol–water partition coefficient (Wildman–Crippen LogP) is 4.09. The Balaban J connectivity index is 1.75. The molecular weight excluding hydrogens is 286 g/mol. The molecule has 0 atom stereocenters. The van der Waals surface area contributed by atoms with E-state index >= 15 is 0 Å². The number of anilines is 1. The Labute approximate surface area is 130 Å². The van der Waals surface area contributed by atoms with E-state index in [1.54, 1.807) is 11.5 Å². The Morgan fingerprint density at radius 1 is 1.15 bits per heavy atom. The second kappa shape index (κ2) is 5.48. The molecular formula is C15H25N3S2. The summed E-state index contributed by atoms with van der Waals surface area (Å²) < 4.78 is 5.08. The van der Waals surface area contributed by atoms with Gasteiger partial charge in [-0.15, -0.1) is 0 Å². The normalized spacial score (nSPS) is 23.2. The van der Waals surface area contributed by atoms with E-state index in [-0.39, 0.29) is 5.41 Å². The molecule has 5 heteroatoms. The largest absolute Gasteiger partial charge is 0.345 e. The lowest BCUT2D eigenvalue weighted by atomic mass is 9.87. The third-order valence-corrected chi connectivity index (χ3v) is 6.68. The van der Waals surface area contributed by atoms with Gasteiger partial charge in [-0.1, -0.05) is 40.0 Å². The highest BCUT2D eigenvalue weighted by atomic mass is 32.2. The van der Waals surface area contributed by atoms with Crippen LogP contribution in [-0.4, -0.2) is 32.9 Å². The summed E-state index contributed by atoms with van der Waals surface area (Å²) >= 11 is 3.80. The zero-order chi connectivity index (χ0) is 14.2. The predicted molar refractivity (Wildman–Crippen MR) is 89.1 cm³/mol. The Morgan fingerprint density at radius 3 is 2.55 bits per heavy atom. The van der Waals surface area contributed by atoms with Crippen LogP contribution < -0.4 is 4.90 Å². The molecule has 1 aliphatic carbocycles. The van der Waals surface area contributed by atoms with E-state index in [9.17, 15) is 0 Å². The number of aromatic nitrogens is 2. The van der Waals surface area contributed by atoms with Crippen molar-refractivity contribution in [3.8, 4) is 0 Å². The molecule has 3 rings (SSSR count). The van der Waals surface area contributed by atoms with Crippen molar-refractivity contribution in [1.82, 2.24) is 9.36 Å². The van der Waals surface area contributed by atoms with Crippen LogP contribution in [0.4, 0.5) is 5.13 Å². The van der Waals surface area contributed by atoms with E-state index in [0.29, 0.717) is 4.75 Å². The van der Waals surface area contributed by atoms with Gasteiger partial charge in [-0.25, -0.2) is 4.98 Å². The Bertz CT molecular complexity index is 452. The maximum Gasteiger partial charge on any atom is 0.205 e. The molecule has 20 heavy (non-hydrogen) atoms. The van der Waals surface area contributed by atoms with Crippen molar-refractivity contribution in [2.24, 2.45) is 0 Å². The molecule has 2 aliphatic rings. The van der Waals surface area contributed by atoms with Crippen LogP contribution >= 0.6 is 23.3 Å². The third-order valence-electron chi connectivity index (χ3n) is 4.37. The maximum absolute atomic E-state index is 4.81. The second-order valence-electron chi connectivity index (χ2n) is 7.16. The molecule has 1 saturated carbocycles. The molecule has 0 radical (unpaired) electrons. The summed E-state index contributed by atoms with van der Waals surface area (Å²) in [6, 6.07) is 0. The fraction of sp³-hybridized carbons (Fsp3) is 0.867. The lowest BCUT2D eigenvalue weighted by molar-refractivity contribution is 0.390. The smallest absolute Gasteiger partial charge is 0.205 e. The molecule has 0 unspecified atom stereocenters. The summed E-state index contributed by atoms with van der Waals surface area (Å²) in [5.41, 5.74) is 0.0574. The van der Waals surface area contributed by atoms with Crippen LogP contribution in [0.5, 0.6) is 0 Å². The van der Waals surface area contributed by atoms with Gasteiger partial charge in [0.25, 0.3) is 0 Å². The minimum Gasteiger partial charge on any atom is -0.345 e. The van der Waals surface area contributed by atoms with Crippen LogP contribution in [0.1, 0.15) is 58.7 Å². The second-order valence-corrected chi connectivity index (χ2v) is 9.46. The average Bonchev–Trinajstić information content (AvgIpc) is 2.89. The van der Waals surface area contributed by atoms with Gasteiger partial charge in [0.2, 0.25) is 5.13 Å². The number of nitrogens with zero attached hydrogens (tertiary/aromatic N) is 3. The molecule has 1 aromatic heterocycles. The van der Waals surface area contributed by atoms with Crippen LogP contribution in [-0.2, 0) is 5.41 Å². The van der Waals surface area contributed by atoms with Crippen LogP contribution in [0, 0.1) is 0 Å². The molecule has 0 bridgehead atoms. The van der Waals surface area contributed by atoms with Gasteiger partial charge in [-0.2, -0.15) is 16.1 Å². The number of rotatable bonds is 1. The van der Waals surface area contributed by atoms with Crippen LogP contribution in [0.25, 0.3) is 0 Å². The highest BCUT2D eigenvalue weighted by molar-refractivity contribution is 8.00. The first-order valence-electron chi connectivity index (χ1n) is 7.72. The van der Waals surface area contributed by atoms with E-state index in [2.05, 4.69) is 41.8 Å². The maximum atomic E-state index is 4.81. The van der Waals surface area contributed by atoms with E-state index in [1.807, 2.05) is 0 Å². The summed E-state index contributed by atoms with van der Waals surface area (Å²) in [5, 5.41) is 1.14. The molecule has 112 valence electrons. The van der Waals surface area contributed by atoms with E-state index in [0.717, 1.165) is 17.5 Å². The SMILES string of the molecule is CC(C)(C)c1nsc(N2CCSC3(CCCCC3)C2)n1. The Kier molecular flexibility index (Phi) is 4.01. The molecule has 2 heterocycles. The monoisotopic (exact) mass is 311 g/mol. The summed E-state index contributed by atoms with van der Waals surface area (Å²) in [7, 11) is 0. The van der Waals surface area contributed by atoms with Crippen LogP contribution in [0.2, 0.25) is 0 Å². The quantitative estimate of drug-likeness (QED) is 0.781. The molecule has 1 saturated heterocycles. The van der Waals surface area contributed by atoms with Gasteiger partial charge in [0, 0.05) is 40.5 Å². The highest BCUT2D eigenvalue weighted by Gasteiger charge is 2.38. The fourth-order valence-corrected chi connectivity index (χ4v) is 5.61. The van der Waals surface area contributed by atoms with Gasteiger partial charge >= 0.3 is 0 Å². The average molecular weight is 312 g/mol. The van der Waals surface area contributed by atoms with Crippen molar-refractivity contribution in [2.45, 2.75) is 63.0 Å². The van der Waals surface area contributed by atoms with Crippen molar-refractivity contribution >= 4 is 28.4 Å². The van der Waals surface area contributed by atoms with Crippen molar-refractivity contribution in [3.63, 3.8) is 0 Å². The first-order valence-corrected chi connectivity index (χ1v) is 9.48. The summed E-state index contributed by atoms with van der Waals surface area (Å²) in [6.45, 7) is 8.87. The molecule has 0 N–H and O–H groups in total. The summed E-state index contributed by atoms with van der Waals surface area (Å²) in [4.78, 5) is 7.30. The van der Waals surface area contributed by atoms with Crippen molar-refractivity contribution in [2.75, 3.05) is 23.7 Å². The minimum absolute atomic E-state index is 0.0574. The summed E-state index contributed by atoms with van der Waals surface area (Å²) in [5.74, 6) is 2.23. The lowest BCUT2D eigenvalue weighted by Gasteiger charge is -2.44. The van der Waals surface area contributed by atoms with E-state index in [1.165, 1.54) is 44.4 Å². The minimum atomic E-state index is 0.0574. The van der Waals surface area contributed by atoms with Crippen molar-refractivity contribution in [3.05, 3.63) is 5.82 Å². The Morgan fingerprint density at radius 2 is 1.90 bits per heavy atom. The Hall–Kier alpha value is -0.290. The van der Waals surface area contributed by atoms with Gasteiger partial charge in [0.05, 0.1) is 0 Å². The van der Waals surface area contributed by atoms with E-state index < -0.39 is 0 Å². The lowest BCUT2D eigenvalue weighted by Crippen LogP contribution is -2.47.